The van der Waals surface area contributed by atoms with E-state index in [1.807, 2.05) is 42.5 Å². The third-order valence-electron chi connectivity index (χ3n) is 5.38. The van der Waals surface area contributed by atoms with Crippen LogP contribution in [-0.2, 0) is 11.3 Å². The highest BCUT2D eigenvalue weighted by Crippen LogP contribution is 2.28. The first-order valence-electron chi connectivity index (χ1n) is 10.2. The largest absolute Gasteiger partial charge is 0.389 e. The van der Waals surface area contributed by atoms with Crippen molar-refractivity contribution >= 4 is 27.7 Å². The molecule has 1 atom stereocenters. The maximum Gasteiger partial charge on any atom is 0.254 e. The summed E-state index contributed by atoms with van der Waals surface area (Å²) in [7, 11) is 1.61. The molecule has 30 heavy (non-hydrogen) atoms. The lowest BCUT2D eigenvalue weighted by Crippen LogP contribution is -2.40. The van der Waals surface area contributed by atoms with Crippen molar-refractivity contribution in [2.24, 2.45) is 0 Å². The number of benzene rings is 3. The molecule has 0 fully saturated rings. The fourth-order valence-electron chi connectivity index (χ4n) is 3.96. The van der Waals surface area contributed by atoms with Gasteiger partial charge < -0.3 is 19.3 Å². The summed E-state index contributed by atoms with van der Waals surface area (Å²) < 4.78 is 7.32. The number of hydrogen-bond acceptors (Lipinski definition) is 3. The number of rotatable bonds is 8. The second-order valence-electron chi connectivity index (χ2n) is 7.41. The van der Waals surface area contributed by atoms with Gasteiger partial charge in [0.15, 0.2) is 0 Å². The van der Waals surface area contributed by atoms with Gasteiger partial charge in [-0.25, -0.2) is 0 Å². The fourth-order valence-corrected chi connectivity index (χ4v) is 3.96. The number of aliphatic hydroxyl groups is 1. The summed E-state index contributed by atoms with van der Waals surface area (Å²) in [5, 5.41) is 13.3. The number of amides is 1. The Bertz CT molecular complexity index is 1080. The molecule has 4 rings (SSSR count). The smallest absolute Gasteiger partial charge is 0.254 e. The van der Waals surface area contributed by atoms with Gasteiger partial charge in [0.2, 0.25) is 0 Å². The van der Waals surface area contributed by atoms with E-state index in [1.165, 1.54) is 0 Å². The van der Waals surface area contributed by atoms with E-state index in [2.05, 4.69) is 28.8 Å². The zero-order valence-electron chi connectivity index (χ0n) is 17.1. The molecule has 3 aromatic carbocycles. The monoisotopic (exact) mass is 402 g/mol. The maximum atomic E-state index is 13.0. The van der Waals surface area contributed by atoms with Crippen molar-refractivity contribution in [3.63, 3.8) is 0 Å². The van der Waals surface area contributed by atoms with Crippen LogP contribution in [0.3, 0.4) is 0 Å². The van der Waals surface area contributed by atoms with Gasteiger partial charge in [-0.1, -0.05) is 54.6 Å². The molecule has 0 saturated heterocycles. The Morgan fingerprint density at radius 2 is 1.50 bits per heavy atom. The van der Waals surface area contributed by atoms with Gasteiger partial charge in [-0.05, 0) is 24.3 Å². The number of aliphatic hydroxyl groups excluding tert-OH is 1. The molecule has 1 N–H and O–H groups in total. The molecule has 0 aliphatic heterocycles. The highest BCUT2D eigenvalue weighted by atomic mass is 16.5. The van der Waals surface area contributed by atoms with Gasteiger partial charge in [0.05, 0.1) is 19.3 Å². The summed E-state index contributed by atoms with van der Waals surface area (Å²) in [6.45, 7) is 1.48. The number of hydrogen-bond donors (Lipinski definition) is 1. The van der Waals surface area contributed by atoms with Gasteiger partial charge in [0.25, 0.3) is 5.91 Å². The van der Waals surface area contributed by atoms with Crippen LogP contribution in [-0.4, -0.2) is 53.4 Å². The second-order valence-corrected chi connectivity index (χ2v) is 7.41. The van der Waals surface area contributed by atoms with E-state index >= 15 is 0 Å². The predicted octanol–water partition coefficient (Wildman–Crippen LogP) is 3.94. The molecule has 1 amide bonds. The first kappa shape index (κ1) is 20.1. The van der Waals surface area contributed by atoms with E-state index in [-0.39, 0.29) is 12.5 Å². The van der Waals surface area contributed by atoms with Crippen LogP contribution < -0.4 is 0 Å². The van der Waals surface area contributed by atoms with Crippen molar-refractivity contribution in [2.75, 3.05) is 26.8 Å². The zero-order valence-corrected chi connectivity index (χ0v) is 17.1. The Labute approximate surface area is 176 Å². The van der Waals surface area contributed by atoms with E-state index in [0.29, 0.717) is 25.3 Å². The molecule has 0 aliphatic carbocycles. The number of methoxy groups -OCH3 is 1. The van der Waals surface area contributed by atoms with Crippen molar-refractivity contribution in [3.05, 3.63) is 84.4 Å². The summed E-state index contributed by atoms with van der Waals surface area (Å²) in [5.41, 5.74) is 2.77. The van der Waals surface area contributed by atoms with Crippen LogP contribution in [0.25, 0.3) is 21.8 Å². The summed E-state index contributed by atoms with van der Waals surface area (Å²) in [4.78, 5) is 14.6. The molecule has 0 unspecified atom stereocenters. The first-order chi connectivity index (χ1) is 14.7. The number of para-hydroxylation sites is 2. The molecular weight excluding hydrogens is 376 g/mol. The van der Waals surface area contributed by atoms with Crippen LogP contribution >= 0.6 is 0 Å². The molecule has 0 spiro atoms. The predicted molar refractivity (Wildman–Crippen MR) is 120 cm³/mol. The van der Waals surface area contributed by atoms with Crippen LogP contribution in [0.1, 0.15) is 10.4 Å². The van der Waals surface area contributed by atoms with Crippen molar-refractivity contribution in [2.45, 2.75) is 12.6 Å². The van der Waals surface area contributed by atoms with E-state index in [1.54, 1.807) is 24.1 Å². The molecule has 0 aliphatic rings. The molecule has 5 nitrogen and oxygen atoms in total. The van der Waals surface area contributed by atoms with Gasteiger partial charge in [0.1, 0.15) is 0 Å². The van der Waals surface area contributed by atoms with Crippen LogP contribution in [0.2, 0.25) is 0 Å². The molecule has 1 aromatic heterocycles. The number of aromatic nitrogens is 1. The Hall–Kier alpha value is -3.15. The minimum Gasteiger partial charge on any atom is -0.389 e. The SMILES string of the molecule is COCCN(C[C@H](O)Cn1c2ccccc2c2ccccc21)C(=O)c1ccccc1. The van der Waals surface area contributed by atoms with Gasteiger partial charge in [-0.2, -0.15) is 0 Å². The van der Waals surface area contributed by atoms with Gasteiger partial charge in [-0.3, -0.25) is 4.79 Å². The Morgan fingerprint density at radius 3 is 2.10 bits per heavy atom. The summed E-state index contributed by atoms with van der Waals surface area (Å²) in [6.07, 6.45) is -0.714. The van der Waals surface area contributed by atoms with E-state index < -0.39 is 6.10 Å². The van der Waals surface area contributed by atoms with Gasteiger partial charge >= 0.3 is 0 Å². The lowest BCUT2D eigenvalue weighted by atomic mass is 10.2. The van der Waals surface area contributed by atoms with E-state index in [4.69, 9.17) is 4.74 Å². The number of nitrogens with zero attached hydrogens (tertiary/aromatic N) is 2. The summed E-state index contributed by atoms with van der Waals surface area (Å²) in [6, 6.07) is 25.6. The van der Waals surface area contributed by atoms with Crippen molar-refractivity contribution in [1.29, 1.82) is 0 Å². The molecule has 5 heteroatoms. The van der Waals surface area contributed by atoms with Crippen LogP contribution in [0, 0.1) is 0 Å². The second kappa shape index (κ2) is 9.11. The Balaban J connectivity index is 1.59. The number of fused-ring (bicyclic) bond motifs is 3. The maximum absolute atomic E-state index is 13.0. The average Bonchev–Trinajstić information content (AvgIpc) is 3.10. The van der Waals surface area contributed by atoms with E-state index in [9.17, 15) is 9.90 Å². The molecule has 154 valence electrons. The molecule has 0 bridgehead atoms. The zero-order chi connectivity index (χ0) is 20.9. The first-order valence-corrected chi connectivity index (χ1v) is 10.2. The molecule has 4 aromatic rings. The topological polar surface area (TPSA) is 54.7 Å². The fraction of sp³-hybridized carbons (Fsp3) is 0.240. The van der Waals surface area contributed by atoms with Crippen molar-refractivity contribution in [3.8, 4) is 0 Å². The van der Waals surface area contributed by atoms with Crippen LogP contribution in [0.4, 0.5) is 0 Å². The highest BCUT2D eigenvalue weighted by molar-refractivity contribution is 6.07. The summed E-state index contributed by atoms with van der Waals surface area (Å²) >= 11 is 0. The number of carbonyl (C=O) groups excluding carboxylic acids is 1. The minimum absolute atomic E-state index is 0.103. The number of ether oxygens (including phenoxy) is 1. The Kier molecular flexibility index (Phi) is 6.12. The minimum atomic E-state index is -0.714. The normalized spacial score (nSPS) is 12.3. The highest BCUT2D eigenvalue weighted by Gasteiger charge is 2.20. The Morgan fingerprint density at radius 1 is 0.933 bits per heavy atom. The summed E-state index contributed by atoms with van der Waals surface area (Å²) in [5.74, 6) is -0.103. The third kappa shape index (κ3) is 4.08. The van der Waals surface area contributed by atoms with Crippen LogP contribution in [0.5, 0.6) is 0 Å². The quantitative estimate of drug-likeness (QED) is 0.486. The molecule has 0 radical (unpaired) electrons. The van der Waals surface area contributed by atoms with E-state index in [0.717, 1.165) is 21.8 Å². The number of carbonyl (C=O) groups is 1. The molecule has 0 saturated carbocycles. The lowest BCUT2D eigenvalue weighted by molar-refractivity contribution is 0.0521. The third-order valence-corrected chi connectivity index (χ3v) is 5.38. The van der Waals surface area contributed by atoms with Gasteiger partial charge in [0, 0.05) is 47.6 Å². The van der Waals surface area contributed by atoms with Crippen molar-refractivity contribution in [1.82, 2.24) is 9.47 Å². The van der Waals surface area contributed by atoms with Crippen molar-refractivity contribution < 1.29 is 14.6 Å². The van der Waals surface area contributed by atoms with Crippen LogP contribution in [0.15, 0.2) is 78.9 Å². The van der Waals surface area contributed by atoms with Gasteiger partial charge in [-0.15, -0.1) is 0 Å². The lowest BCUT2D eigenvalue weighted by Gasteiger charge is -2.26. The molecular formula is C25H26N2O3. The average molecular weight is 402 g/mol. The standard InChI is InChI=1S/C25H26N2O3/c1-30-16-15-26(25(29)19-9-3-2-4-10-19)17-20(28)18-27-23-13-7-5-11-21(23)22-12-6-8-14-24(22)27/h2-14,20,28H,15-18H2,1H3/t20-/m0/s1. The molecule has 1 heterocycles.